The average Bonchev–Trinajstić information content (AvgIpc) is 2.47. The fourth-order valence-corrected chi connectivity index (χ4v) is 2.17. The third-order valence-corrected chi connectivity index (χ3v) is 3.35. The molecule has 0 aromatic heterocycles. The molecule has 4 heteroatoms. The maximum Gasteiger partial charge on any atom is 0.303 e. The van der Waals surface area contributed by atoms with Gasteiger partial charge >= 0.3 is 5.97 Å². The molecule has 1 aromatic carbocycles. The molecule has 1 aromatic rings. The number of carbonyl (C=O) groups excluding carboxylic acids is 1. The normalized spacial score (nSPS) is 10.3. The molecule has 0 saturated heterocycles. The second-order valence-electron chi connectivity index (χ2n) is 5.25. The van der Waals surface area contributed by atoms with Gasteiger partial charge in [0, 0.05) is 19.4 Å². The zero-order chi connectivity index (χ0) is 15.3. The van der Waals surface area contributed by atoms with Crippen LogP contribution in [0.15, 0.2) is 30.3 Å². The van der Waals surface area contributed by atoms with E-state index < -0.39 is 5.97 Å². The van der Waals surface area contributed by atoms with E-state index in [1.807, 2.05) is 18.2 Å². The van der Waals surface area contributed by atoms with Gasteiger partial charge in [-0.1, -0.05) is 43.2 Å². The van der Waals surface area contributed by atoms with Crippen LogP contribution in [-0.2, 0) is 16.0 Å². The van der Waals surface area contributed by atoms with Crippen LogP contribution >= 0.6 is 0 Å². The standard InChI is InChI=1S/C17H25NO3/c19-16(12-8-11-15-9-4-3-5-10-15)18-14-7-2-1-6-13-17(20)21/h3-5,9-10H,1-2,6-8,11-14H2,(H,18,19)(H,20,21). The molecule has 0 unspecified atom stereocenters. The van der Waals surface area contributed by atoms with E-state index in [1.54, 1.807) is 0 Å². The second-order valence-corrected chi connectivity index (χ2v) is 5.25. The summed E-state index contributed by atoms with van der Waals surface area (Å²) < 4.78 is 0. The molecule has 1 amide bonds. The van der Waals surface area contributed by atoms with Crippen molar-refractivity contribution in [3.63, 3.8) is 0 Å². The fraction of sp³-hybridized carbons (Fsp3) is 0.529. The van der Waals surface area contributed by atoms with Crippen molar-refractivity contribution >= 4 is 11.9 Å². The molecule has 0 fully saturated rings. The highest BCUT2D eigenvalue weighted by atomic mass is 16.4. The van der Waals surface area contributed by atoms with E-state index in [9.17, 15) is 9.59 Å². The number of aryl methyl sites for hydroxylation is 1. The van der Waals surface area contributed by atoms with Crippen LogP contribution in [0.3, 0.4) is 0 Å². The Hall–Kier alpha value is -1.84. The summed E-state index contributed by atoms with van der Waals surface area (Å²) in [6.07, 6.45) is 6.13. The van der Waals surface area contributed by atoms with Crippen molar-refractivity contribution in [3.8, 4) is 0 Å². The van der Waals surface area contributed by atoms with Crippen LogP contribution in [0.25, 0.3) is 0 Å². The molecule has 0 bridgehead atoms. The summed E-state index contributed by atoms with van der Waals surface area (Å²) in [7, 11) is 0. The maximum absolute atomic E-state index is 11.6. The summed E-state index contributed by atoms with van der Waals surface area (Å²) in [5.41, 5.74) is 1.27. The molecule has 0 aliphatic heterocycles. The minimum absolute atomic E-state index is 0.108. The minimum atomic E-state index is -0.735. The predicted molar refractivity (Wildman–Crippen MR) is 83.1 cm³/mol. The van der Waals surface area contributed by atoms with E-state index in [0.29, 0.717) is 13.0 Å². The Morgan fingerprint density at radius 1 is 0.905 bits per heavy atom. The number of rotatable bonds is 11. The van der Waals surface area contributed by atoms with Gasteiger partial charge in [0.2, 0.25) is 5.91 Å². The van der Waals surface area contributed by atoms with Gasteiger partial charge in [0.15, 0.2) is 0 Å². The molecule has 0 heterocycles. The summed E-state index contributed by atoms with van der Waals surface area (Å²) in [4.78, 5) is 21.9. The molecule has 0 atom stereocenters. The third-order valence-electron chi connectivity index (χ3n) is 3.35. The zero-order valence-electron chi connectivity index (χ0n) is 12.5. The van der Waals surface area contributed by atoms with Gasteiger partial charge in [0.05, 0.1) is 0 Å². The van der Waals surface area contributed by atoms with Crippen LogP contribution in [0.4, 0.5) is 0 Å². The van der Waals surface area contributed by atoms with E-state index >= 15 is 0 Å². The second kappa shape index (κ2) is 10.9. The first kappa shape index (κ1) is 17.2. The minimum Gasteiger partial charge on any atom is -0.481 e. The molecule has 4 nitrogen and oxygen atoms in total. The van der Waals surface area contributed by atoms with E-state index in [1.165, 1.54) is 5.56 Å². The Morgan fingerprint density at radius 2 is 1.62 bits per heavy atom. The zero-order valence-corrected chi connectivity index (χ0v) is 12.5. The lowest BCUT2D eigenvalue weighted by atomic mass is 10.1. The summed E-state index contributed by atoms with van der Waals surface area (Å²) in [5, 5.41) is 11.4. The number of hydrogen-bond donors (Lipinski definition) is 2. The number of carboxylic acids is 1. The third kappa shape index (κ3) is 9.66. The smallest absolute Gasteiger partial charge is 0.303 e. The monoisotopic (exact) mass is 291 g/mol. The predicted octanol–water partition coefficient (Wildman–Crippen LogP) is 3.16. The Labute approximate surface area is 126 Å². The molecule has 0 aliphatic carbocycles. The number of unbranched alkanes of at least 4 members (excludes halogenated alkanes) is 3. The Morgan fingerprint density at radius 3 is 2.33 bits per heavy atom. The van der Waals surface area contributed by atoms with Crippen molar-refractivity contribution in [1.29, 1.82) is 0 Å². The molecular weight excluding hydrogens is 266 g/mol. The van der Waals surface area contributed by atoms with Crippen LogP contribution < -0.4 is 5.32 Å². The molecule has 0 spiro atoms. The first-order chi connectivity index (χ1) is 10.2. The molecule has 1 rings (SSSR count). The van der Waals surface area contributed by atoms with Crippen molar-refractivity contribution in [2.75, 3.05) is 6.54 Å². The number of nitrogens with one attached hydrogen (secondary N) is 1. The van der Waals surface area contributed by atoms with Gasteiger partial charge in [0.1, 0.15) is 0 Å². The van der Waals surface area contributed by atoms with Gasteiger partial charge in [0.25, 0.3) is 0 Å². The molecule has 116 valence electrons. The number of benzene rings is 1. The van der Waals surface area contributed by atoms with Gasteiger partial charge in [-0.2, -0.15) is 0 Å². The maximum atomic E-state index is 11.6. The lowest BCUT2D eigenvalue weighted by molar-refractivity contribution is -0.137. The first-order valence-corrected chi connectivity index (χ1v) is 7.71. The topological polar surface area (TPSA) is 66.4 Å². The van der Waals surface area contributed by atoms with Crippen molar-refractivity contribution in [2.24, 2.45) is 0 Å². The lowest BCUT2D eigenvalue weighted by Crippen LogP contribution is -2.24. The summed E-state index contributed by atoms with van der Waals surface area (Å²) >= 11 is 0. The largest absolute Gasteiger partial charge is 0.481 e. The highest BCUT2D eigenvalue weighted by Crippen LogP contribution is 2.05. The van der Waals surface area contributed by atoms with Crippen LogP contribution in [0.5, 0.6) is 0 Å². The fourth-order valence-electron chi connectivity index (χ4n) is 2.17. The van der Waals surface area contributed by atoms with Gasteiger partial charge < -0.3 is 10.4 Å². The Kier molecular flexibility index (Phi) is 8.93. The van der Waals surface area contributed by atoms with E-state index in [0.717, 1.165) is 38.5 Å². The summed E-state index contributed by atoms with van der Waals surface area (Å²) in [6.45, 7) is 0.692. The summed E-state index contributed by atoms with van der Waals surface area (Å²) in [6, 6.07) is 10.2. The highest BCUT2D eigenvalue weighted by Gasteiger charge is 2.01. The average molecular weight is 291 g/mol. The number of aliphatic carboxylic acids is 1. The van der Waals surface area contributed by atoms with Gasteiger partial charge in [-0.25, -0.2) is 0 Å². The van der Waals surface area contributed by atoms with Crippen molar-refractivity contribution in [3.05, 3.63) is 35.9 Å². The number of carboxylic acid groups (broad SMARTS) is 1. The SMILES string of the molecule is O=C(O)CCCCCCNC(=O)CCCc1ccccc1. The van der Waals surface area contributed by atoms with Crippen molar-refractivity contribution in [1.82, 2.24) is 5.32 Å². The molecule has 2 N–H and O–H groups in total. The Bertz CT molecular complexity index is 417. The molecule has 0 radical (unpaired) electrons. The van der Waals surface area contributed by atoms with Crippen LogP contribution in [-0.4, -0.2) is 23.5 Å². The van der Waals surface area contributed by atoms with Crippen molar-refractivity contribution in [2.45, 2.75) is 51.4 Å². The van der Waals surface area contributed by atoms with Gasteiger partial charge in [-0.05, 0) is 31.2 Å². The quantitative estimate of drug-likeness (QED) is 0.615. The lowest BCUT2D eigenvalue weighted by Gasteiger charge is -2.05. The van der Waals surface area contributed by atoms with E-state index in [2.05, 4.69) is 17.4 Å². The number of amides is 1. The number of hydrogen-bond acceptors (Lipinski definition) is 2. The summed E-state index contributed by atoms with van der Waals surface area (Å²) in [5.74, 6) is -0.627. The molecular formula is C17H25NO3. The van der Waals surface area contributed by atoms with E-state index in [-0.39, 0.29) is 12.3 Å². The number of carbonyl (C=O) groups is 2. The van der Waals surface area contributed by atoms with Crippen LogP contribution in [0.2, 0.25) is 0 Å². The van der Waals surface area contributed by atoms with Crippen molar-refractivity contribution < 1.29 is 14.7 Å². The van der Waals surface area contributed by atoms with Crippen LogP contribution in [0, 0.1) is 0 Å². The molecule has 0 aliphatic rings. The highest BCUT2D eigenvalue weighted by molar-refractivity contribution is 5.75. The Balaban J connectivity index is 1.93. The molecule has 0 saturated carbocycles. The van der Waals surface area contributed by atoms with Gasteiger partial charge in [-0.15, -0.1) is 0 Å². The molecule has 21 heavy (non-hydrogen) atoms. The van der Waals surface area contributed by atoms with Gasteiger partial charge in [-0.3, -0.25) is 9.59 Å². The van der Waals surface area contributed by atoms with Crippen LogP contribution in [0.1, 0.15) is 50.5 Å². The van der Waals surface area contributed by atoms with E-state index in [4.69, 9.17) is 5.11 Å². The first-order valence-electron chi connectivity index (χ1n) is 7.71.